The molecule has 184 valence electrons. The van der Waals surface area contributed by atoms with Gasteiger partial charge in [-0.15, -0.1) is 0 Å². The second-order valence-corrected chi connectivity index (χ2v) is 10.3. The third-order valence-electron chi connectivity index (χ3n) is 8.36. The number of hydrogen-bond acceptors (Lipinski definition) is 3. The molecule has 0 saturated carbocycles. The van der Waals surface area contributed by atoms with Gasteiger partial charge in [0.1, 0.15) is 12.4 Å². The Labute approximate surface area is 217 Å². The molecule has 0 spiro atoms. The number of amides is 1. The van der Waals surface area contributed by atoms with Crippen LogP contribution in [0.3, 0.4) is 0 Å². The molecule has 2 bridgehead atoms. The number of ether oxygens (including phenoxy) is 2. The van der Waals surface area contributed by atoms with Crippen LogP contribution in [0.2, 0.25) is 0 Å². The number of nitrogens with zero attached hydrogens (tertiary/aromatic N) is 1. The van der Waals surface area contributed by atoms with Crippen molar-refractivity contribution in [1.29, 1.82) is 0 Å². The van der Waals surface area contributed by atoms with Gasteiger partial charge in [-0.2, -0.15) is 0 Å². The van der Waals surface area contributed by atoms with E-state index in [9.17, 15) is 4.79 Å². The first-order valence-electron chi connectivity index (χ1n) is 13.1. The largest absolute Gasteiger partial charge is 0.497 e. The summed E-state index contributed by atoms with van der Waals surface area (Å²) in [6, 6.07) is 30.0. The molecule has 3 aliphatic rings. The predicted molar refractivity (Wildman–Crippen MR) is 147 cm³/mol. The molecule has 1 saturated heterocycles. The van der Waals surface area contributed by atoms with E-state index < -0.39 is 0 Å². The van der Waals surface area contributed by atoms with Crippen LogP contribution in [0.15, 0.2) is 91.0 Å². The number of carbonyl (C=O) groups excluding carboxylic acids is 1. The van der Waals surface area contributed by atoms with Crippen LogP contribution in [0.1, 0.15) is 41.9 Å². The lowest BCUT2D eigenvalue weighted by Gasteiger charge is -2.33. The SMILES string of the molecule is COc1ccc2cc(C3=CC4CCC(C3)N4C(=O)OCC3c4ccccc4-c4ccccc43)ccc2c1. The van der Waals surface area contributed by atoms with E-state index in [0.717, 1.165) is 25.0 Å². The lowest BCUT2D eigenvalue weighted by molar-refractivity contribution is 0.0866. The van der Waals surface area contributed by atoms with Gasteiger partial charge in [0.05, 0.1) is 13.2 Å². The van der Waals surface area contributed by atoms with E-state index in [0.29, 0.717) is 6.61 Å². The molecule has 1 amide bonds. The van der Waals surface area contributed by atoms with Crippen LogP contribution in [0, 0.1) is 0 Å². The van der Waals surface area contributed by atoms with Crippen molar-refractivity contribution in [3.63, 3.8) is 0 Å². The van der Waals surface area contributed by atoms with Crippen molar-refractivity contribution in [2.24, 2.45) is 0 Å². The number of fused-ring (bicyclic) bond motifs is 6. The smallest absolute Gasteiger partial charge is 0.410 e. The molecule has 1 aliphatic carbocycles. The van der Waals surface area contributed by atoms with E-state index in [2.05, 4.69) is 84.9 Å². The van der Waals surface area contributed by atoms with Crippen molar-refractivity contribution in [2.45, 2.75) is 37.3 Å². The quantitative estimate of drug-likeness (QED) is 0.301. The highest BCUT2D eigenvalue weighted by atomic mass is 16.6. The first kappa shape index (κ1) is 22.2. The molecular weight excluding hydrogens is 458 g/mol. The van der Waals surface area contributed by atoms with Crippen LogP contribution in [0.4, 0.5) is 4.79 Å². The molecule has 37 heavy (non-hydrogen) atoms. The van der Waals surface area contributed by atoms with E-state index in [1.807, 2.05) is 11.0 Å². The van der Waals surface area contributed by atoms with E-state index >= 15 is 0 Å². The average Bonchev–Trinajstić information content (AvgIpc) is 3.41. The zero-order valence-corrected chi connectivity index (χ0v) is 20.9. The van der Waals surface area contributed by atoms with Crippen molar-refractivity contribution >= 4 is 22.4 Å². The highest BCUT2D eigenvalue weighted by molar-refractivity contribution is 5.88. The molecule has 4 nitrogen and oxygen atoms in total. The molecule has 7 rings (SSSR count). The summed E-state index contributed by atoms with van der Waals surface area (Å²) in [6.07, 6.45) is 4.97. The summed E-state index contributed by atoms with van der Waals surface area (Å²) in [5.74, 6) is 0.954. The third-order valence-corrected chi connectivity index (χ3v) is 8.36. The Bertz CT molecular complexity index is 1510. The number of hydrogen-bond donors (Lipinski definition) is 0. The van der Waals surface area contributed by atoms with Crippen LogP contribution in [-0.4, -0.2) is 36.8 Å². The Hall–Kier alpha value is -4.05. The first-order valence-corrected chi connectivity index (χ1v) is 13.1. The van der Waals surface area contributed by atoms with E-state index in [-0.39, 0.29) is 24.1 Å². The molecule has 0 radical (unpaired) electrons. The maximum Gasteiger partial charge on any atom is 0.410 e. The molecule has 2 aliphatic heterocycles. The molecule has 1 fully saturated rings. The molecule has 4 aromatic carbocycles. The third kappa shape index (κ3) is 3.71. The van der Waals surface area contributed by atoms with Gasteiger partial charge in [-0.1, -0.05) is 72.8 Å². The minimum absolute atomic E-state index is 0.0844. The summed E-state index contributed by atoms with van der Waals surface area (Å²) in [7, 11) is 1.69. The Balaban J connectivity index is 1.09. The maximum absolute atomic E-state index is 13.4. The fourth-order valence-corrected chi connectivity index (χ4v) is 6.55. The van der Waals surface area contributed by atoms with Gasteiger partial charge in [-0.3, -0.25) is 4.90 Å². The van der Waals surface area contributed by atoms with Gasteiger partial charge in [-0.25, -0.2) is 4.79 Å². The van der Waals surface area contributed by atoms with E-state index in [1.165, 1.54) is 44.2 Å². The Morgan fingerprint density at radius 3 is 2.30 bits per heavy atom. The van der Waals surface area contributed by atoms with Gasteiger partial charge in [-0.05, 0) is 81.6 Å². The van der Waals surface area contributed by atoms with Crippen molar-refractivity contribution in [2.75, 3.05) is 13.7 Å². The van der Waals surface area contributed by atoms with Gasteiger partial charge >= 0.3 is 6.09 Å². The first-order chi connectivity index (χ1) is 18.2. The standard InChI is InChI=1S/C33H29NO3/c1-36-27-15-12-21-16-22(10-11-23(21)19-27)24-17-25-13-14-26(18-24)34(25)33(35)37-20-32-30-8-4-2-6-28(30)29-7-3-5-9-31(29)32/h2-12,15-17,19,25-26,32H,13-14,18,20H2,1H3. The van der Waals surface area contributed by atoms with Crippen LogP contribution < -0.4 is 4.74 Å². The zero-order chi connectivity index (χ0) is 24.9. The Kier molecular flexibility index (Phi) is 5.28. The number of methoxy groups -OCH3 is 1. The van der Waals surface area contributed by atoms with Crippen LogP contribution in [0.5, 0.6) is 5.75 Å². The van der Waals surface area contributed by atoms with Crippen molar-refractivity contribution < 1.29 is 14.3 Å². The fraction of sp³-hybridized carbons (Fsp3) is 0.242. The van der Waals surface area contributed by atoms with Crippen LogP contribution >= 0.6 is 0 Å². The monoisotopic (exact) mass is 487 g/mol. The molecule has 2 atom stereocenters. The summed E-state index contributed by atoms with van der Waals surface area (Å²) in [4.78, 5) is 15.4. The van der Waals surface area contributed by atoms with Gasteiger partial charge in [0, 0.05) is 12.0 Å². The summed E-state index contributed by atoms with van der Waals surface area (Å²) in [5, 5.41) is 2.37. The number of rotatable bonds is 4. The Morgan fingerprint density at radius 2 is 1.57 bits per heavy atom. The molecular formula is C33H29NO3. The predicted octanol–water partition coefficient (Wildman–Crippen LogP) is 7.42. The molecule has 2 heterocycles. The molecule has 4 aromatic rings. The van der Waals surface area contributed by atoms with Gasteiger partial charge in [0.15, 0.2) is 0 Å². The topological polar surface area (TPSA) is 38.8 Å². The summed E-state index contributed by atoms with van der Waals surface area (Å²) < 4.78 is 11.4. The number of benzene rings is 4. The van der Waals surface area contributed by atoms with Crippen molar-refractivity contribution in [1.82, 2.24) is 4.90 Å². The highest BCUT2D eigenvalue weighted by Gasteiger charge is 2.41. The average molecular weight is 488 g/mol. The fourth-order valence-electron chi connectivity index (χ4n) is 6.55. The minimum Gasteiger partial charge on any atom is -0.497 e. The summed E-state index contributed by atoms with van der Waals surface area (Å²) in [6.45, 7) is 0.369. The number of carbonyl (C=O) groups is 1. The molecule has 2 unspecified atom stereocenters. The molecule has 0 N–H and O–H groups in total. The zero-order valence-electron chi connectivity index (χ0n) is 20.9. The van der Waals surface area contributed by atoms with Crippen molar-refractivity contribution in [3.8, 4) is 16.9 Å². The summed E-state index contributed by atoms with van der Waals surface area (Å²) >= 11 is 0. The van der Waals surface area contributed by atoms with Gasteiger partial charge in [0.25, 0.3) is 0 Å². The minimum atomic E-state index is -0.185. The lowest BCUT2D eigenvalue weighted by atomic mass is 9.93. The summed E-state index contributed by atoms with van der Waals surface area (Å²) in [5.41, 5.74) is 7.55. The Morgan fingerprint density at radius 1 is 0.865 bits per heavy atom. The second-order valence-electron chi connectivity index (χ2n) is 10.3. The normalized spacial score (nSPS) is 19.9. The maximum atomic E-state index is 13.4. The van der Waals surface area contributed by atoms with Crippen LogP contribution in [-0.2, 0) is 4.74 Å². The van der Waals surface area contributed by atoms with Crippen molar-refractivity contribution in [3.05, 3.63) is 108 Å². The van der Waals surface area contributed by atoms with E-state index in [1.54, 1.807) is 7.11 Å². The molecule has 0 aromatic heterocycles. The lowest BCUT2D eigenvalue weighted by Crippen LogP contribution is -2.43. The van der Waals surface area contributed by atoms with Gasteiger partial charge < -0.3 is 9.47 Å². The van der Waals surface area contributed by atoms with Crippen LogP contribution in [0.25, 0.3) is 27.5 Å². The van der Waals surface area contributed by atoms with E-state index in [4.69, 9.17) is 9.47 Å². The van der Waals surface area contributed by atoms with Gasteiger partial charge in [0.2, 0.25) is 0 Å². The second kappa shape index (κ2) is 8.81. The molecule has 4 heteroatoms. The highest BCUT2D eigenvalue weighted by Crippen LogP contribution is 2.45.